The fourth-order valence-corrected chi connectivity index (χ4v) is 2.13. The van der Waals surface area contributed by atoms with Crippen LogP contribution < -0.4 is 0 Å². The molecule has 2 rings (SSSR count). The molecule has 1 aliphatic heterocycles. The van der Waals surface area contributed by atoms with Crippen LogP contribution in [0.1, 0.15) is 5.56 Å². The van der Waals surface area contributed by atoms with Gasteiger partial charge in [-0.05, 0) is 12.1 Å². The third-order valence-corrected chi connectivity index (χ3v) is 3.22. The summed E-state index contributed by atoms with van der Waals surface area (Å²) in [5, 5.41) is 9.23. The largest absolute Gasteiger partial charge is 0.479 e. The highest BCUT2D eigenvalue weighted by atomic mass is 35.5. The van der Waals surface area contributed by atoms with Gasteiger partial charge in [-0.25, -0.2) is 9.18 Å². The van der Waals surface area contributed by atoms with Crippen molar-refractivity contribution in [2.45, 2.75) is 12.6 Å². The van der Waals surface area contributed by atoms with E-state index in [1.807, 2.05) is 4.90 Å². The molecule has 0 radical (unpaired) electrons. The molecule has 0 bridgehead atoms. The molecule has 1 N–H and O–H groups in total. The molecule has 6 heteroatoms. The summed E-state index contributed by atoms with van der Waals surface area (Å²) in [6.45, 7) is 1.41. The second-order valence-electron chi connectivity index (χ2n) is 4.13. The Morgan fingerprint density at radius 3 is 3.06 bits per heavy atom. The van der Waals surface area contributed by atoms with Gasteiger partial charge in [0, 0.05) is 30.2 Å². The lowest BCUT2D eigenvalue weighted by Crippen LogP contribution is -2.45. The van der Waals surface area contributed by atoms with Gasteiger partial charge in [-0.15, -0.1) is 0 Å². The van der Waals surface area contributed by atoms with Crippen molar-refractivity contribution < 1.29 is 19.0 Å². The lowest BCUT2D eigenvalue weighted by Gasteiger charge is -2.31. The van der Waals surface area contributed by atoms with Crippen LogP contribution in [0, 0.1) is 5.82 Å². The highest BCUT2D eigenvalue weighted by Crippen LogP contribution is 2.21. The molecule has 1 unspecified atom stereocenters. The molecule has 1 aromatic rings. The van der Waals surface area contributed by atoms with Gasteiger partial charge >= 0.3 is 5.97 Å². The number of hydrogen-bond acceptors (Lipinski definition) is 3. The van der Waals surface area contributed by atoms with Crippen LogP contribution in [0.2, 0.25) is 5.02 Å². The smallest absolute Gasteiger partial charge is 0.334 e. The van der Waals surface area contributed by atoms with Crippen LogP contribution in [0.25, 0.3) is 0 Å². The van der Waals surface area contributed by atoms with E-state index in [0.29, 0.717) is 30.3 Å². The molecule has 0 amide bonds. The monoisotopic (exact) mass is 273 g/mol. The number of benzene rings is 1. The number of nitrogens with zero attached hydrogens (tertiary/aromatic N) is 1. The van der Waals surface area contributed by atoms with E-state index >= 15 is 0 Å². The zero-order valence-corrected chi connectivity index (χ0v) is 10.4. The minimum absolute atomic E-state index is 0.236. The predicted molar refractivity (Wildman–Crippen MR) is 64.1 cm³/mol. The van der Waals surface area contributed by atoms with Crippen LogP contribution in [0.5, 0.6) is 0 Å². The third-order valence-electron chi connectivity index (χ3n) is 2.87. The minimum atomic E-state index is -1.00. The lowest BCUT2D eigenvalue weighted by atomic mass is 10.1. The molecule has 1 atom stereocenters. The molecule has 0 saturated carbocycles. The summed E-state index contributed by atoms with van der Waals surface area (Å²) in [6, 6.07) is 4.51. The molecule has 1 aliphatic rings. The Balaban J connectivity index is 2.07. The first kappa shape index (κ1) is 13.3. The number of aliphatic carboxylic acids is 1. The second-order valence-corrected chi connectivity index (χ2v) is 4.54. The Morgan fingerprint density at radius 2 is 2.39 bits per heavy atom. The molecule has 0 spiro atoms. The summed E-state index contributed by atoms with van der Waals surface area (Å²) >= 11 is 5.93. The Kier molecular flexibility index (Phi) is 4.16. The summed E-state index contributed by atoms with van der Waals surface area (Å²) in [7, 11) is 0. The molecule has 1 aromatic carbocycles. The van der Waals surface area contributed by atoms with E-state index in [1.165, 1.54) is 6.07 Å². The van der Waals surface area contributed by atoms with Crippen molar-refractivity contribution in [2.75, 3.05) is 19.7 Å². The Hall–Kier alpha value is -1.17. The van der Waals surface area contributed by atoms with Crippen LogP contribution in [0.4, 0.5) is 4.39 Å². The zero-order valence-electron chi connectivity index (χ0n) is 9.60. The summed E-state index contributed by atoms with van der Waals surface area (Å²) in [5.41, 5.74) is 0.394. The van der Waals surface area contributed by atoms with Gasteiger partial charge in [0.05, 0.1) is 6.61 Å². The van der Waals surface area contributed by atoms with Crippen molar-refractivity contribution in [1.29, 1.82) is 0 Å². The first-order chi connectivity index (χ1) is 8.58. The number of hydrogen-bond donors (Lipinski definition) is 1. The maximum Gasteiger partial charge on any atom is 0.334 e. The van der Waals surface area contributed by atoms with Crippen molar-refractivity contribution in [2.24, 2.45) is 0 Å². The first-order valence-electron chi connectivity index (χ1n) is 5.57. The quantitative estimate of drug-likeness (QED) is 0.912. The standard InChI is InChI=1S/C12H13ClFNO3/c13-9-2-1-3-10(14)8(9)6-15-4-5-18-11(7-15)12(16)17/h1-3,11H,4-7H2,(H,16,17). The molecule has 18 heavy (non-hydrogen) atoms. The lowest BCUT2D eigenvalue weighted by molar-refractivity contribution is -0.156. The topological polar surface area (TPSA) is 49.8 Å². The summed E-state index contributed by atoms with van der Waals surface area (Å²) in [6.07, 6.45) is -0.857. The Labute approximate surface area is 109 Å². The number of halogens is 2. The van der Waals surface area contributed by atoms with Gasteiger partial charge in [-0.2, -0.15) is 0 Å². The van der Waals surface area contributed by atoms with Crippen molar-refractivity contribution >= 4 is 17.6 Å². The highest BCUT2D eigenvalue weighted by Gasteiger charge is 2.26. The Bertz CT molecular complexity index is 435. The minimum Gasteiger partial charge on any atom is -0.479 e. The fraction of sp³-hybridized carbons (Fsp3) is 0.417. The maximum atomic E-state index is 13.6. The number of carboxylic acids is 1. The zero-order chi connectivity index (χ0) is 13.1. The molecule has 1 fully saturated rings. The average molecular weight is 274 g/mol. The molecule has 0 aliphatic carbocycles. The van der Waals surface area contributed by atoms with Gasteiger partial charge in [0.25, 0.3) is 0 Å². The Morgan fingerprint density at radius 1 is 1.61 bits per heavy atom. The van der Waals surface area contributed by atoms with Crippen LogP contribution >= 0.6 is 11.6 Å². The number of morpholine rings is 1. The van der Waals surface area contributed by atoms with Gasteiger partial charge < -0.3 is 9.84 Å². The van der Waals surface area contributed by atoms with Crippen molar-refractivity contribution in [3.63, 3.8) is 0 Å². The molecule has 98 valence electrons. The van der Waals surface area contributed by atoms with E-state index < -0.39 is 12.1 Å². The average Bonchev–Trinajstić information content (AvgIpc) is 2.34. The van der Waals surface area contributed by atoms with E-state index in [0.717, 1.165) is 0 Å². The van der Waals surface area contributed by atoms with Crippen LogP contribution in [0.15, 0.2) is 18.2 Å². The number of carbonyl (C=O) groups is 1. The van der Waals surface area contributed by atoms with Crippen LogP contribution in [0.3, 0.4) is 0 Å². The maximum absolute atomic E-state index is 13.6. The molecule has 4 nitrogen and oxygen atoms in total. The molecule has 1 saturated heterocycles. The predicted octanol–water partition coefficient (Wildman–Crippen LogP) is 1.76. The highest BCUT2D eigenvalue weighted by molar-refractivity contribution is 6.31. The normalized spacial score (nSPS) is 20.9. The molecule has 1 heterocycles. The van der Waals surface area contributed by atoms with E-state index in [4.69, 9.17) is 21.4 Å². The first-order valence-corrected chi connectivity index (χ1v) is 5.95. The number of ether oxygens (including phenoxy) is 1. The fourth-order valence-electron chi connectivity index (χ4n) is 1.90. The summed E-state index contributed by atoms with van der Waals surface area (Å²) in [4.78, 5) is 12.7. The van der Waals surface area contributed by atoms with Crippen molar-refractivity contribution in [3.05, 3.63) is 34.6 Å². The number of carboxylic acid groups (broad SMARTS) is 1. The van der Waals surface area contributed by atoms with Crippen molar-refractivity contribution in [1.82, 2.24) is 4.90 Å². The second kappa shape index (κ2) is 5.65. The van der Waals surface area contributed by atoms with Gasteiger partial charge in [-0.3, -0.25) is 4.90 Å². The van der Waals surface area contributed by atoms with Crippen LogP contribution in [-0.4, -0.2) is 41.8 Å². The molecule has 0 aromatic heterocycles. The van der Waals surface area contributed by atoms with Crippen molar-refractivity contribution in [3.8, 4) is 0 Å². The summed E-state index contributed by atoms with van der Waals surface area (Å²) < 4.78 is 18.7. The van der Waals surface area contributed by atoms with E-state index in [9.17, 15) is 9.18 Å². The van der Waals surface area contributed by atoms with Gasteiger partial charge in [-0.1, -0.05) is 17.7 Å². The van der Waals surface area contributed by atoms with Gasteiger partial charge in [0.1, 0.15) is 5.82 Å². The van der Waals surface area contributed by atoms with E-state index in [1.54, 1.807) is 12.1 Å². The SMILES string of the molecule is O=C(O)C1CN(Cc2c(F)cccc2Cl)CCO1. The molecular weight excluding hydrogens is 261 g/mol. The van der Waals surface area contributed by atoms with Crippen LogP contribution in [-0.2, 0) is 16.1 Å². The van der Waals surface area contributed by atoms with Gasteiger partial charge in [0.15, 0.2) is 6.10 Å². The number of rotatable bonds is 3. The third kappa shape index (κ3) is 2.98. The molecular formula is C12H13ClFNO3. The summed E-state index contributed by atoms with van der Waals surface area (Å²) in [5.74, 6) is -1.37. The van der Waals surface area contributed by atoms with E-state index in [2.05, 4.69) is 0 Å². The van der Waals surface area contributed by atoms with E-state index in [-0.39, 0.29) is 12.4 Å². The van der Waals surface area contributed by atoms with Gasteiger partial charge in [0.2, 0.25) is 0 Å².